The molecule has 0 saturated heterocycles. The Bertz CT molecular complexity index is 338. The van der Waals surface area contributed by atoms with Crippen LogP contribution in [0.4, 0.5) is 0 Å². The van der Waals surface area contributed by atoms with Gasteiger partial charge in [0.25, 0.3) is 0 Å². The number of hydrogen-bond acceptors (Lipinski definition) is 3. The van der Waals surface area contributed by atoms with Gasteiger partial charge in [0.15, 0.2) is 5.69 Å². The maximum atomic E-state index is 10.6. The van der Waals surface area contributed by atoms with Crippen LogP contribution in [0.15, 0.2) is 4.60 Å². The van der Waals surface area contributed by atoms with Crippen LogP contribution in [-0.2, 0) is 0 Å². The van der Waals surface area contributed by atoms with Crippen LogP contribution in [0, 0.1) is 13.8 Å². The third-order valence-corrected chi connectivity index (χ3v) is 2.02. The first-order chi connectivity index (χ1) is 5.52. The summed E-state index contributed by atoms with van der Waals surface area (Å²) in [6, 6.07) is 0. The largest absolute Gasteiger partial charge is 0.476 e. The van der Waals surface area contributed by atoms with E-state index in [1.807, 2.05) is 0 Å². The van der Waals surface area contributed by atoms with Crippen LogP contribution in [0.2, 0.25) is 0 Å². The second kappa shape index (κ2) is 3.18. The fourth-order valence-electron chi connectivity index (χ4n) is 0.712. The van der Waals surface area contributed by atoms with Crippen molar-refractivity contribution in [1.29, 1.82) is 0 Å². The Hall–Kier alpha value is -0.970. The van der Waals surface area contributed by atoms with Crippen molar-refractivity contribution in [2.75, 3.05) is 0 Å². The number of carboxylic acids is 1. The van der Waals surface area contributed by atoms with Crippen LogP contribution in [0.25, 0.3) is 0 Å². The molecule has 1 heterocycles. The van der Waals surface area contributed by atoms with E-state index in [-0.39, 0.29) is 10.3 Å². The lowest BCUT2D eigenvalue weighted by molar-refractivity contribution is 0.0688. The van der Waals surface area contributed by atoms with Crippen LogP contribution in [0.1, 0.15) is 21.9 Å². The Morgan fingerprint density at radius 2 is 1.83 bits per heavy atom. The molecule has 12 heavy (non-hydrogen) atoms. The van der Waals surface area contributed by atoms with Crippen molar-refractivity contribution in [1.82, 2.24) is 9.97 Å². The summed E-state index contributed by atoms with van der Waals surface area (Å²) in [5.41, 5.74) is 1.32. The molecule has 0 aliphatic carbocycles. The zero-order chi connectivity index (χ0) is 9.30. The van der Waals surface area contributed by atoms with E-state index in [1.54, 1.807) is 13.8 Å². The fraction of sp³-hybridized carbons (Fsp3) is 0.286. The average Bonchev–Trinajstić information content (AvgIpc) is 1.96. The Kier molecular flexibility index (Phi) is 2.42. The van der Waals surface area contributed by atoms with Crippen molar-refractivity contribution >= 4 is 21.9 Å². The first-order valence-electron chi connectivity index (χ1n) is 3.26. The van der Waals surface area contributed by atoms with Gasteiger partial charge < -0.3 is 5.11 Å². The molecule has 0 bridgehead atoms. The summed E-state index contributed by atoms with van der Waals surface area (Å²) in [6.45, 7) is 3.50. The van der Waals surface area contributed by atoms with Gasteiger partial charge in [0.2, 0.25) is 0 Å². The molecular weight excluding hydrogens is 224 g/mol. The van der Waals surface area contributed by atoms with Crippen LogP contribution in [0.3, 0.4) is 0 Å². The highest BCUT2D eigenvalue weighted by atomic mass is 79.9. The van der Waals surface area contributed by atoms with Crippen LogP contribution in [0.5, 0.6) is 0 Å². The van der Waals surface area contributed by atoms with Crippen LogP contribution in [-0.4, -0.2) is 21.0 Å². The minimum Gasteiger partial charge on any atom is -0.476 e. The lowest BCUT2D eigenvalue weighted by atomic mass is 10.3. The van der Waals surface area contributed by atoms with Crippen molar-refractivity contribution in [3.8, 4) is 0 Å². The molecule has 1 aromatic heterocycles. The SMILES string of the molecule is Cc1nc(Br)c(C(=O)O)nc1C. The standard InChI is InChI=1S/C7H7BrN2O2/c1-3-4(2)10-6(8)5(9-3)7(11)12/h1-2H3,(H,11,12). The number of hydrogen-bond donors (Lipinski definition) is 1. The van der Waals surface area contributed by atoms with Gasteiger partial charge in [-0.15, -0.1) is 0 Å². The summed E-state index contributed by atoms with van der Waals surface area (Å²) in [5, 5.41) is 8.65. The van der Waals surface area contributed by atoms with E-state index in [1.165, 1.54) is 0 Å². The van der Waals surface area contributed by atoms with E-state index in [4.69, 9.17) is 5.11 Å². The minimum absolute atomic E-state index is 0.0434. The van der Waals surface area contributed by atoms with Crippen molar-refractivity contribution in [2.24, 2.45) is 0 Å². The number of carbonyl (C=O) groups is 1. The number of carboxylic acid groups (broad SMARTS) is 1. The second-order valence-electron chi connectivity index (χ2n) is 2.34. The van der Waals surface area contributed by atoms with Gasteiger partial charge in [-0.1, -0.05) is 0 Å². The van der Waals surface area contributed by atoms with Gasteiger partial charge in [-0.05, 0) is 29.8 Å². The fourth-order valence-corrected chi connectivity index (χ4v) is 1.24. The topological polar surface area (TPSA) is 63.1 Å². The third kappa shape index (κ3) is 1.61. The highest BCUT2D eigenvalue weighted by Gasteiger charge is 2.12. The molecule has 0 saturated carbocycles. The molecule has 4 nitrogen and oxygen atoms in total. The first kappa shape index (κ1) is 9.12. The van der Waals surface area contributed by atoms with E-state index >= 15 is 0 Å². The molecule has 0 aliphatic rings. The van der Waals surface area contributed by atoms with E-state index in [9.17, 15) is 4.79 Å². The van der Waals surface area contributed by atoms with Gasteiger partial charge >= 0.3 is 5.97 Å². The maximum Gasteiger partial charge on any atom is 0.357 e. The highest BCUT2D eigenvalue weighted by Crippen LogP contribution is 2.13. The Labute approximate surface area is 77.8 Å². The quantitative estimate of drug-likeness (QED) is 0.796. The zero-order valence-corrected chi connectivity index (χ0v) is 8.21. The number of nitrogens with zero attached hydrogens (tertiary/aromatic N) is 2. The molecule has 1 N–H and O–H groups in total. The predicted octanol–water partition coefficient (Wildman–Crippen LogP) is 1.55. The summed E-state index contributed by atoms with van der Waals surface area (Å²) in [7, 11) is 0. The minimum atomic E-state index is -1.07. The number of halogens is 1. The maximum absolute atomic E-state index is 10.6. The first-order valence-corrected chi connectivity index (χ1v) is 4.05. The Morgan fingerprint density at radius 3 is 2.33 bits per heavy atom. The lowest BCUT2D eigenvalue weighted by Crippen LogP contribution is -2.06. The second-order valence-corrected chi connectivity index (χ2v) is 3.09. The van der Waals surface area contributed by atoms with Gasteiger partial charge in [-0.25, -0.2) is 14.8 Å². The number of rotatable bonds is 1. The summed E-state index contributed by atoms with van der Waals surface area (Å²) in [4.78, 5) is 18.4. The molecule has 1 rings (SSSR count). The molecule has 0 aromatic carbocycles. The number of aromatic carboxylic acids is 1. The van der Waals surface area contributed by atoms with Gasteiger partial charge in [0.05, 0.1) is 11.4 Å². The Balaban J connectivity index is 3.33. The molecule has 0 amide bonds. The smallest absolute Gasteiger partial charge is 0.357 e. The summed E-state index contributed by atoms with van der Waals surface area (Å²) in [5.74, 6) is -1.07. The van der Waals surface area contributed by atoms with Crippen molar-refractivity contribution in [3.05, 3.63) is 21.7 Å². The predicted molar refractivity (Wildman–Crippen MR) is 46.2 cm³/mol. The zero-order valence-electron chi connectivity index (χ0n) is 6.63. The number of aryl methyl sites for hydroxylation is 2. The molecule has 5 heteroatoms. The van der Waals surface area contributed by atoms with Gasteiger partial charge in [-0.2, -0.15) is 0 Å². The van der Waals surface area contributed by atoms with Gasteiger partial charge in [0.1, 0.15) is 4.60 Å². The summed E-state index contributed by atoms with van der Waals surface area (Å²) in [6.07, 6.45) is 0. The van der Waals surface area contributed by atoms with Crippen LogP contribution < -0.4 is 0 Å². The molecule has 0 spiro atoms. The molecular formula is C7H7BrN2O2. The molecule has 0 fully saturated rings. The van der Waals surface area contributed by atoms with Crippen molar-refractivity contribution < 1.29 is 9.90 Å². The molecule has 0 unspecified atom stereocenters. The molecule has 1 aromatic rings. The summed E-state index contributed by atoms with van der Waals surface area (Å²) < 4.78 is 0.276. The summed E-state index contributed by atoms with van der Waals surface area (Å²) >= 11 is 3.03. The average molecular weight is 231 g/mol. The highest BCUT2D eigenvalue weighted by molar-refractivity contribution is 9.10. The third-order valence-electron chi connectivity index (χ3n) is 1.47. The van der Waals surface area contributed by atoms with E-state index in [0.717, 1.165) is 5.69 Å². The molecule has 0 atom stereocenters. The molecule has 0 aliphatic heterocycles. The Morgan fingerprint density at radius 1 is 1.33 bits per heavy atom. The van der Waals surface area contributed by atoms with Crippen molar-refractivity contribution in [2.45, 2.75) is 13.8 Å². The van der Waals surface area contributed by atoms with Gasteiger partial charge in [-0.3, -0.25) is 0 Å². The lowest BCUT2D eigenvalue weighted by Gasteiger charge is -2.01. The van der Waals surface area contributed by atoms with Gasteiger partial charge in [0, 0.05) is 0 Å². The van der Waals surface area contributed by atoms with E-state index in [2.05, 4.69) is 25.9 Å². The van der Waals surface area contributed by atoms with Crippen molar-refractivity contribution in [3.63, 3.8) is 0 Å². The van der Waals surface area contributed by atoms with E-state index in [0.29, 0.717) is 5.69 Å². The molecule has 0 radical (unpaired) electrons. The number of aromatic nitrogens is 2. The van der Waals surface area contributed by atoms with Crippen LogP contribution >= 0.6 is 15.9 Å². The van der Waals surface area contributed by atoms with E-state index < -0.39 is 5.97 Å². The monoisotopic (exact) mass is 230 g/mol. The molecule has 64 valence electrons. The normalized spacial score (nSPS) is 9.92.